The molecule has 1 unspecified atom stereocenters. The summed E-state index contributed by atoms with van der Waals surface area (Å²) in [5, 5.41) is 0. The van der Waals surface area contributed by atoms with E-state index in [-0.39, 0.29) is 11.3 Å². The lowest BCUT2D eigenvalue weighted by Gasteiger charge is -2.46. The highest BCUT2D eigenvalue weighted by Gasteiger charge is 2.45. The Labute approximate surface area is 150 Å². The molecule has 0 bridgehead atoms. The van der Waals surface area contributed by atoms with Crippen LogP contribution in [0.3, 0.4) is 0 Å². The van der Waals surface area contributed by atoms with Gasteiger partial charge in [0.05, 0.1) is 5.54 Å². The Bertz CT molecular complexity index is 639. The van der Waals surface area contributed by atoms with Crippen LogP contribution in [0.25, 0.3) is 0 Å². The van der Waals surface area contributed by atoms with E-state index >= 15 is 0 Å². The van der Waals surface area contributed by atoms with Gasteiger partial charge in [0.25, 0.3) is 0 Å². The van der Waals surface area contributed by atoms with Crippen molar-refractivity contribution in [3.05, 3.63) is 35.4 Å². The molecule has 2 fully saturated rings. The van der Waals surface area contributed by atoms with Gasteiger partial charge in [0, 0.05) is 31.7 Å². The summed E-state index contributed by atoms with van der Waals surface area (Å²) in [4.78, 5) is 15.3. The van der Waals surface area contributed by atoms with Crippen LogP contribution in [-0.4, -0.2) is 42.6 Å². The van der Waals surface area contributed by atoms with Crippen molar-refractivity contribution in [1.29, 1.82) is 0 Å². The number of likely N-dealkylation sites (tertiary alicyclic amines) is 1. The SMILES string of the molecule is NC1(C(=O)N2CCCC3(CCCCc4ccccc43)C2)CCOCC1. The standard InChI is InChI=1S/C21H30N2O2/c22-21(11-14-25-15-12-21)19(24)23-13-5-10-20(16-23)9-4-3-7-17-6-1-2-8-18(17)20/h1-2,6,8H,3-5,7,9-16,22H2. The number of nitrogens with zero attached hydrogens (tertiary/aromatic N) is 1. The first-order chi connectivity index (χ1) is 12.1. The second kappa shape index (κ2) is 6.73. The number of hydrogen-bond acceptors (Lipinski definition) is 3. The predicted octanol–water partition coefficient (Wildman–Crippen LogP) is 2.78. The molecule has 1 spiro atoms. The molecular formula is C21H30N2O2. The van der Waals surface area contributed by atoms with E-state index in [1.807, 2.05) is 0 Å². The van der Waals surface area contributed by atoms with Crippen molar-refractivity contribution in [2.75, 3.05) is 26.3 Å². The van der Waals surface area contributed by atoms with Crippen molar-refractivity contribution in [3.63, 3.8) is 0 Å². The van der Waals surface area contributed by atoms with Gasteiger partial charge in [-0.15, -0.1) is 0 Å². The number of carbonyl (C=O) groups excluding carboxylic acids is 1. The minimum absolute atomic E-state index is 0.128. The van der Waals surface area contributed by atoms with Crippen molar-refractivity contribution in [2.45, 2.75) is 62.3 Å². The van der Waals surface area contributed by atoms with E-state index < -0.39 is 5.54 Å². The van der Waals surface area contributed by atoms with Crippen LogP contribution >= 0.6 is 0 Å². The molecule has 4 nitrogen and oxygen atoms in total. The van der Waals surface area contributed by atoms with Crippen molar-refractivity contribution in [3.8, 4) is 0 Å². The van der Waals surface area contributed by atoms with Crippen LogP contribution in [0, 0.1) is 0 Å². The minimum Gasteiger partial charge on any atom is -0.381 e. The molecule has 4 rings (SSSR count). The van der Waals surface area contributed by atoms with Crippen LogP contribution in [0.5, 0.6) is 0 Å². The number of fused-ring (bicyclic) bond motifs is 2. The smallest absolute Gasteiger partial charge is 0.242 e. The number of carbonyl (C=O) groups is 1. The van der Waals surface area contributed by atoms with Gasteiger partial charge < -0.3 is 15.4 Å². The third kappa shape index (κ3) is 3.11. The summed E-state index contributed by atoms with van der Waals surface area (Å²) in [6.07, 6.45) is 8.42. The molecule has 1 aromatic carbocycles. The van der Waals surface area contributed by atoms with Crippen LogP contribution in [0.4, 0.5) is 0 Å². The van der Waals surface area contributed by atoms with Gasteiger partial charge in [-0.1, -0.05) is 30.7 Å². The normalized spacial score (nSPS) is 29.1. The molecule has 2 saturated heterocycles. The third-order valence-electron chi connectivity index (χ3n) is 6.62. The molecule has 0 saturated carbocycles. The first-order valence-electron chi connectivity index (χ1n) is 9.87. The maximum atomic E-state index is 13.2. The number of ether oxygens (including phenoxy) is 1. The summed E-state index contributed by atoms with van der Waals surface area (Å²) in [5.74, 6) is 0.150. The Balaban J connectivity index is 1.61. The van der Waals surface area contributed by atoms with Gasteiger partial charge in [-0.25, -0.2) is 0 Å². The molecule has 2 heterocycles. The average Bonchev–Trinajstić information content (AvgIpc) is 2.82. The van der Waals surface area contributed by atoms with Crippen LogP contribution in [0.2, 0.25) is 0 Å². The molecule has 136 valence electrons. The van der Waals surface area contributed by atoms with Crippen molar-refractivity contribution in [2.24, 2.45) is 5.73 Å². The summed E-state index contributed by atoms with van der Waals surface area (Å²) in [7, 11) is 0. The third-order valence-corrected chi connectivity index (χ3v) is 6.62. The van der Waals surface area contributed by atoms with Gasteiger partial charge in [0.2, 0.25) is 5.91 Å². The van der Waals surface area contributed by atoms with Crippen LogP contribution < -0.4 is 5.73 Å². The highest BCUT2D eigenvalue weighted by atomic mass is 16.5. The second-order valence-electron chi connectivity index (χ2n) is 8.24. The number of amides is 1. The molecule has 3 aliphatic rings. The lowest BCUT2D eigenvalue weighted by atomic mass is 9.70. The highest BCUT2D eigenvalue weighted by Crippen LogP contribution is 2.43. The van der Waals surface area contributed by atoms with Gasteiger partial charge in [-0.3, -0.25) is 4.79 Å². The highest BCUT2D eigenvalue weighted by molar-refractivity contribution is 5.86. The van der Waals surface area contributed by atoms with Crippen molar-refractivity contribution in [1.82, 2.24) is 4.90 Å². The van der Waals surface area contributed by atoms with E-state index in [1.165, 1.54) is 43.2 Å². The van der Waals surface area contributed by atoms with Crippen LogP contribution in [0.1, 0.15) is 56.1 Å². The largest absolute Gasteiger partial charge is 0.381 e. The van der Waals surface area contributed by atoms with E-state index in [0.29, 0.717) is 26.1 Å². The zero-order chi connectivity index (χ0) is 17.3. The topological polar surface area (TPSA) is 55.6 Å². The molecular weight excluding hydrogens is 312 g/mol. The maximum Gasteiger partial charge on any atom is 0.242 e. The van der Waals surface area contributed by atoms with E-state index in [1.54, 1.807) is 0 Å². The quantitative estimate of drug-likeness (QED) is 0.854. The summed E-state index contributed by atoms with van der Waals surface area (Å²) >= 11 is 0. The van der Waals surface area contributed by atoms with Crippen molar-refractivity contribution < 1.29 is 9.53 Å². The Morgan fingerprint density at radius 1 is 1.04 bits per heavy atom. The van der Waals surface area contributed by atoms with Gasteiger partial charge in [0.1, 0.15) is 0 Å². The fraction of sp³-hybridized carbons (Fsp3) is 0.667. The molecule has 0 radical (unpaired) electrons. The Morgan fingerprint density at radius 3 is 2.64 bits per heavy atom. The number of nitrogens with two attached hydrogens (primary N) is 1. The molecule has 1 aromatic rings. The molecule has 1 aliphatic carbocycles. The zero-order valence-corrected chi connectivity index (χ0v) is 15.1. The lowest BCUT2D eigenvalue weighted by Crippen LogP contribution is -2.61. The average molecular weight is 342 g/mol. The molecule has 1 amide bonds. The summed E-state index contributed by atoms with van der Waals surface area (Å²) in [6, 6.07) is 8.91. The van der Waals surface area contributed by atoms with Gasteiger partial charge >= 0.3 is 0 Å². The van der Waals surface area contributed by atoms with E-state index in [0.717, 1.165) is 19.5 Å². The monoisotopic (exact) mass is 342 g/mol. The molecule has 2 N–H and O–H groups in total. The first-order valence-corrected chi connectivity index (χ1v) is 9.87. The van der Waals surface area contributed by atoms with E-state index in [2.05, 4.69) is 29.2 Å². The zero-order valence-electron chi connectivity index (χ0n) is 15.1. The molecule has 0 aromatic heterocycles. The van der Waals surface area contributed by atoms with Gasteiger partial charge in [-0.2, -0.15) is 0 Å². The maximum absolute atomic E-state index is 13.2. The Hall–Kier alpha value is -1.39. The van der Waals surface area contributed by atoms with E-state index in [4.69, 9.17) is 10.5 Å². The van der Waals surface area contributed by atoms with Gasteiger partial charge in [0.15, 0.2) is 0 Å². The Kier molecular flexibility index (Phi) is 4.59. The molecule has 4 heteroatoms. The minimum atomic E-state index is -0.721. The summed E-state index contributed by atoms with van der Waals surface area (Å²) in [5.41, 5.74) is 8.89. The molecule has 1 atom stereocenters. The lowest BCUT2D eigenvalue weighted by molar-refractivity contribution is -0.143. The number of piperidine rings is 1. The Morgan fingerprint density at radius 2 is 1.80 bits per heavy atom. The first kappa shape index (κ1) is 17.0. The number of hydrogen-bond donors (Lipinski definition) is 1. The fourth-order valence-electron chi connectivity index (χ4n) is 5.16. The van der Waals surface area contributed by atoms with E-state index in [9.17, 15) is 4.79 Å². The second-order valence-corrected chi connectivity index (χ2v) is 8.24. The summed E-state index contributed by atoms with van der Waals surface area (Å²) < 4.78 is 5.42. The van der Waals surface area contributed by atoms with Crippen LogP contribution in [-0.2, 0) is 21.4 Å². The number of rotatable bonds is 1. The van der Waals surface area contributed by atoms with Gasteiger partial charge in [-0.05, 0) is 56.1 Å². The predicted molar refractivity (Wildman–Crippen MR) is 98.5 cm³/mol. The number of benzene rings is 1. The number of aryl methyl sites for hydroxylation is 1. The van der Waals surface area contributed by atoms with Crippen LogP contribution in [0.15, 0.2) is 24.3 Å². The molecule has 2 aliphatic heterocycles. The fourth-order valence-corrected chi connectivity index (χ4v) is 5.16. The van der Waals surface area contributed by atoms with Crippen molar-refractivity contribution >= 4 is 5.91 Å². The summed E-state index contributed by atoms with van der Waals surface area (Å²) in [6.45, 7) is 2.89. The molecule has 25 heavy (non-hydrogen) atoms.